The van der Waals surface area contributed by atoms with Crippen LogP contribution in [0.2, 0.25) is 0 Å². The fraction of sp³-hybridized carbons (Fsp3) is 0.385. The molecule has 0 bridgehead atoms. The van der Waals surface area contributed by atoms with Gasteiger partial charge in [-0.05, 0) is 25.1 Å². The molecule has 0 aliphatic carbocycles. The number of fused-ring (bicyclic) bond motifs is 1. The number of nitrogens with one attached hydrogen (secondary N) is 1. The van der Waals surface area contributed by atoms with Gasteiger partial charge in [0.25, 0.3) is 0 Å². The van der Waals surface area contributed by atoms with Crippen LogP contribution in [0.5, 0.6) is 0 Å². The van der Waals surface area contributed by atoms with Crippen LogP contribution in [0, 0.1) is 0 Å². The Morgan fingerprint density at radius 2 is 2.10 bits per heavy atom. The largest absolute Gasteiger partial charge is 0.417 e. The Labute approximate surface area is 127 Å². The molecule has 0 saturated heterocycles. The maximum atomic E-state index is 13.2. The molecule has 0 fully saturated rings. The highest BCUT2D eigenvalue weighted by atomic mass is 79.9. The topological polar surface area (TPSA) is 42.7 Å². The number of hydrogen-bond acceptors (Lipinski definition) is 3. The van der Waals surface area contributed by atoms with Gasteiger partial charge in [-0.15, -0.1) is 10.2 Å². The zero-order valence-electron chi connectivity index (χ0n) is 11.1. The van der Waals surface area contributed by atoms with Crippen molar-refractivity contribution in [3.63, 3.8) is 0 Å². The van der Waals surface area contributed by atoms with E-state index in [1.165, 1.54) is 6.07 Å². The van der Waals surface area contributed by atoms with Gasteiger partial charge in [-0.3, -0.25) is 0 Å². The Balaban J connectivity index is 2.18. The van der Waals surface area contributed by atoms with E-state index < -0.39 is 11.7 Å². The van der Waals surface area contributed by atoms with Gasteiger partial charge in [-0.2, -0.15) is 13.2 Å². The monoisotopic (exact) mass is 360 g/mol. The van der Waals surface area contributed by atoms with Gasteiger partial charge in [-0.1, -0.05) is 15.9 Å². The fourth-order valence-electron chi connectivity index (χ4n) is 2.49. The SMILES string of the molecule is CC1NCCn2c(-c3ccc(Br)cc3C(F)(F)F)nnc21. The highest BCUT2D eigenvalue weighted by molar-refractivity contribution is 9.10. The number of nitrogens with zero attached hydrogens (tertiary/aromatic N) is 3. The van der Waals surface area contributed by atoms with Crippen molar-refractivity contribution in [1.82, 2.24) is 20.1 Å². The second-order valence-electron chi connectivity index (χ2n) is 4.90. The summed E-state index contributed by atoms with van der Waals surface area (Å²) in [6.45, 7) is 3.14. The molecule has 1 aromatic heterocycles. The molecular weight excluding hydrogens is 349 g/mol. The van der Waals surface area contributed by atoms with Crippen LogP contribution >= 0.6 is 15.9 Å². The quantitative estimate of drug-likeness (QED) is 0.847. The molecule has 0 spiro atoms. The van der Waals surface area contributed by atoms with Crippen LogP contribution in [0.1, 0.15) is 24.4 Å². The van der Waals surface area contributed by atoms with Crippen molar-refractivity contribution in [3.8, 4) is 11.4 Å². The van der Waals surface area contributed by atoms with Crippen molar-refractivity contribution in [2.45, 2.75) is 25.7 Å². The van der Waals surface area contributed by atoms with E-state index >= 15 is 0 Å². The molecule has 1 aliphatic rings. The lowest BCUT2D eigenvalue weighted by Gasteiger charge is -2.22. The van der Waals surface area contributed by atoms with E-state index in [1.54, 1.807) is 10.6 Å². The summed E-state index contributed by atoms with van der Waals surface area (Å²) in [5, 5.41) is 11.2. The molecule has 0 saturated carbocycles. The van der Waals surface area contributed by atoms with Gasteiger partial charge in [0.15, 0.2) is 5.82 Å². The maximum absolute atomic E-state index is 13.2. The van der Waals surface area contributed by atoms with Gasteiger partial charge >= 0.3 is 6.18 Å². The number of halogens is 4. The van der Waals surface area contributed by atoms with Crippen molar-refractivity contribution < 1.29 is 13.2 Å². The smallest absolute Gasteiger partial charge is 0.308 e. The van der Waals surface area contributed by atoms with Crippen LogP contribution in [-0.4, -0.2) is 21.3 Å². The van der Waals surface area contributed by atoms with Gasteiger partial charge in [-0.25, -0.2) is 0 Å². The lowest BCUT2D eigenvalue weighted by Crippen LogP contribution is -2.32. The maximum Gasteiger partial charge on any atom is 0.417 e. The lowest BCUT2D eigenvalue weighted by atomic mass is 10.1. The highest BCUT2D eigenvalue weighted by Crippen LogP contribution is 2.38. The number of aromatic nitrogens is 3. The first-order valence-electron chi connectivity index (χ1n) is 6.41. The highest BCUT2D eigenvalue weighted by Gasteiger charge is 2.36. The van der Waals surface area contributed by atoms with Crippen molar-refractivity contribution in [1.29, 1.82) is 0 Å². The molecule has 3 rings (SSSR count). The third kappa shape index (κ3) is 2.57. The third-order valence-corrected chi connectivity index (χ3v) is 3.97. The number of benzene rings is 1. The van der Waals surface area contributed by atoms with E-state index in [-0.39, 0.29) is 17.4 Å². The summed E-state index contributed by atoms with van der Waals surface area (Å²) in [5.74, 6) is 0.922. The molecule has 0 radical (unpaired) electrons. The predicted octanol–water partition coefficient (Wildman–Crippen LogP) is 3.39. The molecule has 1 aromatic carbocycles. The normalized spacial score (nSPS) is 18.6. The summed E-state index contributed by atoms with van der Waals surface area (Å²) in [6, 6.07) is 4.06. The molecule has 1 unspecified atom stereocenters. The van der Waals surface area contributed by atoms with Gasteiger partial charge in [0, 0.05) is 23.1 Å². The predicted molar refractivity (Wildman–Crippen MR) is 74.6 cm³/mol. The van der Waals surface area contributed by atoms with Gasteiger partial charge < -0.3 is 9.88 Å². The molecule has 8 heteroatoms. The molecule has 112 valence electrons. The Morgan fingerprint density at radius 3 is 2.81 bits per heavy atom. The summed E-state index contributed by atoms with van der Waals surface area (Å²) in [5.41, 5.74) is -0.656. The minimum atomic E-state index is -4.44. The number of hydrogen-bond donors (Lipinski definition) is 1. The van der Waals surface area contributed by atoms with Crippen LogP contribution in [0.25, 0.3) is 11.4 Å². The summed E-state index contributed by atoms with van der Waals surface area (Å²) < 4.78 is 41.8. The van der Waals surface area contributed by atoms with E-state index in [9.17, 15) is 13.2 Å². The van der Waals surface area contributed by atoms with Crippen molar-refractivity contribution in [2.75, 3.05) is 6.54 Å². The molecule has 2 aromatic rings. The van der Waals surface area contributed by atoms with Gasteiger partial charge in [0.1, 0.15) is 5.82 Å². The van der Waals surface area contributed by atoms with Crippen molar-refractivity contribution >= 4 is 15.9 Å². The van der Waals surface area contributed by atoms with Crippen LogP contribution in [0.4, 0.5) is 13.2 Å². The summed E-state index contributed by atoms with van der Waals surface area (Å²) in [7, 11) is 0. The van der Waals surface area contributed by atoms with E-state index in [0.29, 0.717) is 23.4 Å². The molecule has 2 heterocycles. The molecular formula is C13H12BrF3N4. The summed E-state index contributed by atoms with van der Waals surface area (Å²) in [6.07, 6.45) is -4.44. The van der Waals surface area contributed by atoms with E-state index in [4.69, 9.17) is 0 Å². The van der Waals surface area contributed by atoms with E-state index in [2.05, 4.69) is 31.4 Å². The Hall–Kier alpha value is -1.41. The minimum Gasteiger partial charge on any atom is -0.308 e. The average Bonchev–Trinajstić information content (AvgIpc) is 2.83. The van der Waals surface area contributed by atoms with Crippen LogP contribution in [0.15, 0.2) is 22.7 Å². The summed E-state index contributed by atoms with van der Waals surface area (Å²) >= 11 is 3.08. The number of alkyl halides is 3. The third-order valence-electron chi connectivity index (χ3n) is 3.48. The zero-order valence-corrected chi connectivity index (χ0v) is 12.7. The lowest BCUT2D eigenvalue weighted by molar-refractivity contribution is -0.137. The van der Waals surface area contributed by atoms with Crippen molar-refractivity contribution in [2.24, 2.45) is 0 Å². The molecule has 1 aliphatic heterocycles. The van der Waals surface area contributed by atoms with Crippen molar-refractivity contribution in [3.05, 3.63) is 34.1 Å². The van der Waals surface area contributed by atoms with E-state index in [1.807, 2.05) is 6.92 Å². The second kappa shape index (κ2) is 5.10. The number of rotatable bonds is 1. The average molecular weight is 361 g/mol. The standard InChI is InChI=1S/C13H12BrF3N4/c1-7-11-19-20-12(21(11)5-4-18-7)9-3-2-8(14)6-10(9)13(15,16)17/h2-3,6-7,18H,4-5H2,1H3. The minimum absolute atomic E-state index is 0.0233. The first kappa shape index (κ1) is 14.5. The second-order valence-corrected chi connectivity index (χ2v) is 5.81. The van der Waals surface area contributed by atoms with Crippen LogP contribution in [-0.2, 0) is 12.7 Å². The Bertz CT molecular complexity index is 681. The Kier molecular flexibility index (Phi) is 3.53. The van der Waals surface area contributed by atoms with Crippen LogP contribution in [0.3, 0.4) is 0 Å². The molecule has 1 atom stereocenters. The molecule has 1 N–H and O–H groups in total. The fourth-order valence-corrected chi connectivity index (χ4v) is 2.85. The molecule has 21 heavy (non-hydrogen) atoms. The molecule has 0 amide bonds. The Morgan fingerprint density at radius 1 is 1.33 bits per heavy atom. The van der Waals surface area contributed by atoms with Gasteiger partial charge in [0.2, 0.25) is 0 Å². The first-order chi connectivity index (χ1) is 9.88. The first-order valence-corrected chi connectivity index (χ1v) is 7.21. The van der Waals surface area contributed by atoms with Gasteiger partial charge in [0.05, 0.1) is 11.6 Å². The van der Waals surface area contributed by atoms with Crippen LogP contribution < -0.4 is 5.32 Å². The molecule has 4 nitrogen and oxygen atoms in total. The summed E-state index contributed by atoms with van der Waals surface area (Å²) in [4.78, 5) is 0. The zero-order chi connectivity index (χ0) is 15.2. The van der Waals surface area contributed by atoms with E-state index in [0.717, 1.165) is 6.07 Å².